The minimum absolute atomic E-state index is 0.0215. The summed E-state index contributed by atoms with van der Waals surface area (Å²) < 4.78 is 15.2. The molecule has 0 unspecified atom stereocenters. The third kappa shape index (κ3) is 2.03. The molecule has 0 bridgehead atoms. The molecule has 3 nitrogen and oxygen atoms in total. The van der Waals surface area contributed by atoms with Gasteiger partial charge in [-0.05, 0) is 30.3 Å². The number of rotatable bonds is 1. The van der Waals surface area contributed by atoms with Crippen molar-refractivity contribution in [3.05, 3.63) is 52.3 Å². The van der Waals surface area contributed by atoms with E-state index >= 15 is 0 Å². The summed E-state index contributed by atoms with van der Waals surface area (Å²) in [4.78, 5) is 4.17. The van der Waals surface area contributed by atoms with E-state index in [1.807, 2.05) is 0 Å². The molecule has 0 radical (unpaired) electrons. The monoisotopic (exact) mass is 295 g/mol. The first-order valence-electron chi connectivity index (χ1n) is 5.45. The van der Waals surface area contributed by atoms with E-state index < -0.39 is 5.82 Å². The zero-order chi connectivity index (χ0) is 13.6. The van der Waals surface area contributed by atoms with E-state index in [0.29, 0.717) is 16.1 Å². The molecular weight excluding hydrogens is 288 g/mol. The van der Waals surface area contributed by atoms with Crippen molar-refractivity contribution >= 4 is 40.2 Å². The Morgan fingerprint density at radius 3 is 2.47 bits per heavy atom. The summed E-state index contributed by atoms with van der Waals surface area (Å²) in [6.45, 7) is 0. The van der Waals surface area contributed by atoms with Crippen molar-refractivity contribution < 1.29 is 4.39 Å². The number of aromatic nitrogens is 2. The third-order valence-corrected chi connectivity index (χ3v) is 3.35. The number of fused-ring (bicyclic) bond motifs is 1. The highest BCUT2D eigenvalue weighted by Gasteiger charge is 2.13. The van der Waals surface area contributed by atoms with Crippen LogP contribution in [0.3, 0.4) is 0 Å². The van der Waals surface area contributed by atoms with Gasteiger partial charge in [-0.1, -0.05) is 23.2 Å². The average Bonchev–Trinajstić information content (AvgIpc) is 2.67. The van der Waals surface area contributed by atoms with Gasteiger partial charge < -0.3 is 5.73 Å². The maximum Gasteiger partial charge on any atom is 0.205 e. The number of benzene rings is 2. The first-order valence-corrected chi connectivity index (χ1v) is 6.21. The number of hydrogen-bond donors (Lipinski definition) is 1. The van der Waals surface area contributed by atoms with Crippen molar-refractivity contribution in [2.45, 2.75) is 0 Å². The Hall–Kier alpha value is -1.78. The van der Waals surface area contributed by atoms with Crippen LogP contribution >= 0.6 is 23.2 Å². The van der Waals surface area contributed by atoms with Crippen LogP contribution < -0.4 is 5.73 Å². The quantitative estimate of drug-likeness (QED) is 0.736. The summed E-state index contributed by atoms with van der Waals surface area (Å²) in [5, 5.41) is 0.634. The van der Waals surface area contributed by atoms with Gasteiger partial charge in [0.1, 0.15) is 5.82 Å². The molecule has 0 atom stereocenters. The van der Waals surface area contributed by atoms with Gasteiger partial charge in [-0.2, -0.15) is 0 Å². The van der Waals surface area contributed by atoms with E-state index in [2.05, 4.69) is 4.98 Å². The van der Waals surface area contributed by atoms with Gasteiger partial charge in [0, 0.05) is 16.8 Å². The molecule has 0 saturated heterocycles. The van der Waals surface area contributed by atoms with Gasteiger partial charge in [0.05, 0.1) is 16.1 Å². The van der Waals surface area contributed by atoms with Gasteiger partial charge in [0.2, 0.25) is 5.95 Å². The van der Waals surface area contributed by atoms with Crippen LogP contribution in [-0.2, 0) is 0 Å². The van der Waals surface area contributed by atoms with Crippen LogP contribution in [0.25, 0.3) is 16.7 Å². The number of hydrogen-bond acceptors (Lipinski definition) is 2. The number of nitrogen functional groups attached to an aromatic ring is 1. The molecule has 96 valence electrons. The second kappa shape index (κ2) is 4.40. The largest absolute Gasteiger partial charge is 0.369 e. The Balaban J connectivity index is 2.31. The fourth-order valence-electron chi connectivity index (χ4n) is 1.95. The van der Waals surface area contributed by atoms with Gasteiger partial charge >= 0.3 is 0 Å². The summed E-state index contributed by atoms with van der Waals surface area (Å²) in [6.07, 6.45) is 0. The van der Waals surface area contributed by atoms with Crippen LogP contribution in [0.4, 0.5) is 10.3 Å². The lowest BCUT2D eigenvalue weighted by atomic mass is 10.2. The van der Waals surface area contributed by atoms with E-state index in [1.54, 1.807) is 28.8 Å². The van der Waals surface area contributed by atoms with Gasteiger partial charge in [0.25, 0.3) is 0 Å². The van der Waals surface area contributed by atoms with Crippen molar-refractivity contribution in [1.82, 2.24) is 9.55 Å². The number of halogens is 3. The van der Waals surface area contributed by atoms with Crippen LogP contribution in [0.5, 0.6) is 0 Å². The molecular formula is C13H8Cl2FN3. The molecule has 0 fully saturated rings. The van der Waals surface area contributed by atoms with Crippen LogP contribution in [-0.4, -0.2) is 9.55 Å². The molecule has 2 N–H and O–H groups in total. The second-order valence-electron chi connectivity index (χ2n) is 4.04. The summed E-state index contributed by atoms with van der Waals surface area (Å²) in [5.74, 6) is -0.247. The van der Waals surface area contributed by atoms with Crippen molar-refractivity contribution in [3.8, 4) is 5.69 Å². The fourth-order valence-corrected chi connectivity index (χ4v) is 2.24. The van der Waals surface area contributed by atoms with E-state index in [1.165, 1.54) is 12.1 Å². The zero-order valence-corrected chi connectivity index (χ0v) is 11.1. The first kappa shape index (κ1) is 12.3. The predicted octanol–water partition coefficient (Wildman–Crippen LogP) is 4.05. The number of anilines is 1. The lowest BCUT2D eigenvalue weighted by Gasteiger charge is -2.06. The molecule has 1 aromatic heterocycles. The van der Waals surface area contributed by atoms with Crippen molar-refractivity contribution in [1.29, 1.82) is 0 Å². The Bertz CT molecular complexity index is 766. The van der Waals surface area contributed by atoms with Gasteiger partial charge in [-0.25, -0.2) is 9.37 Å². The highest BCUT2D eigenvalue weighted by atomic mass is 35.5. The molecule has 3 aromatic rings. The number of imidazole rings is 1. The Kier molecular flexibility index (Phi) is 2.84. The maximum atomic E-state index is 13.6. The Labute approximate surface area is 118 Å². The van der Waals surface area contributed by atoms with Crippen LogP contribution in [0.1, 0.15) is 0 Å². The smallest absolute Gasteiger partial charge is 0.205 e. The second-order valence-corrected chi connectivity index (χ2v) is 4.88. The summed E-state index contributed by atoms with van der Waals surface area (Å²) in [7, 11) is 0. The molecule has 3 rings (SSSR count). The highest BCUT2D eigenvalue weighted by molar-refractivity contribution is 6.31. The Morgan fingerprint density at radius 2 is 1.79 bits per heavy atom. The van der Waals surface area contributed by atoms with E-state index in [-0.39, 0.29) is 11.0 Å². The SMILES string of the molecule is Nc1nc2cc(Cl)c(F)cc2n1-c1ccc(Cl)cc1. The summed E-state index contributed by atoms with van der Waals surface area (Å²) in [5.41, 5.74) is 7.73. The maximum absolute atomic E-state index is 13.6. The fraction of sp³-hybridized carbons (Fsp3) is 0. The summed E-state index contributed by atoms with van der Waals surface area (Å²) in [6, 6.07) is 9.80. The number of nitrogens with two attached hydrogens (primary N) is 1. The molecule has 0 spiro atoms. The van der Waals surface area contributed by atoms with E-state index in [4.69, 9.17) is 28.9 Å². The lowest BCUT2D eigenvalue weighted by molar-refractivity contribution is 0.629. The molecule has 6 heteroatoms. The lowest BCUT2D eigenvalue weighted by Crippen LogP contribution is -2.00. The van der Waals surface area contributed by atoms with Gasteiger partial charge in [-0.3, -0.25) is 4.57 Å². The average molecular weight is 296 g/mol. The van der Waals surface area contributed by atoms with Gasteiger partial charge in [0.15, 0.2) is 0 Å². The number of nitrogens with zero attached hydrogens (tertiary/aromatic N) is 2. The molecule has 0 aliphatic heterocycles. The molecule has 0 aliphatic carbocycles. The standard InChI is InChI=1S/C13H8Cl2FN3/c14-7-1-3-8(4-2-7)19-12-6-10(16)9(15)5-11(12)18-13(19)17/h1-6H,(H2,17,18). The minimum Gasteiger partial charge on any atom is -0.369 e. The van der Waals surface area contributed by atoms with Crippen molar-refractivity contribution in [2.24, 2.45) is 0 Å². The molecule has 0 aliphatic rings. The zero-order valence-electron chi connectivity index (χ0n) is 9.57. The highest BCUT2D eigenvalue weighted by Crippen LogP contribution is 2.27. The van der Waals surface area contributed by atoms with Gasteiger partial charge in [-0.15, -0.1) is 0 Å². The van der Waals surface area contributed by atoms with Crippen molar-refractivity contribution in [3.63, 3.8) is 0 Å². The van der Waals surface area contributed by atoms with E-state index in [0.717, 1.165) is 5.69 Å². The van der Waals surface area contributed by atoms with Crippen molar-refractivity contribution in [2.75, 3.05) is 5.73 Å². The first-order chi connectivity index (χ1) is 9.06. The topological polar surface area (TPSA) is 43.8 Å². The molecule has 19 heavy (non-hydrogen) atoms. The predicted molar refractivity (Wildman–Crippen MR) is 75.5 cm³/mol. The van der Waals surface area contributed by atoms with Crippen LogP contribution in [0.2, 0.25) is 10.0 Å². The van der Waals surface area contributed by atoms with E-state index in [9.17, 15) is 4.39 Å². The van der Waals surface area contributed by atoms with Crippen LogP contribution in [0.15, 0.2) is 36.4 Å². The molecule has 0 saturated carbocycles. The Morgan fingerprint density at radius 1 is 1.11 bits per heavy atom. The normalized spacial score (nSPS) is 11.1. The third-order valence-electron chi connectivity index (χ3n) is 2.81. The molecule has 2 aromatic carbocycles. The molecule has 0 amide bonds. The minimum atomic E-state index is -0.510. The molecule has 1 heterocycles. The van der Waals surface area contributed by atoms with Crippen LogP contribution in [0, 0.1) is 5.82 Å². The summed E-state index contributed by atoms with van der Waals surface area (Å²) >= 11 is 11.6.